The van der Waals surface area contributed by atoms with E-state index in [1.165, 1.54) is 6.92 Å². The lowest BCUT2D eigenvalue weighted by Crippen LogP contribution is -2.26. The fourth-order valence-corrected chi connectivity index (χ4v) is 2.31. The highest BCUT2D eigenvalue weighted by Crippen LogP contribution is 2.24. The average Bonchev–Trinajstić information content (AvgIpc) is 2.49. The summed E-state index contributed by atoms with van der Waals surface area (Å²) in [6.45, 7) is 3.61. The molecule has 2 rings (SSSR count). The lowest BCUT2D eigenvalue weighted by atomic mass is 9.90. The number of amides is 1. The maximum Gasteiger partial charge on any atom is 0.216 e. The lowest BCUT2D eigenvalue weighted by Gasteiger charge is -2.18. The van der Waals surface area contributed by atoms with Crippen molar-refractivity contribution < 1.29 is 9.59 Å². The van der Waals surface area contributed by atoms with Crippen LogP contribution in [0.4, 0.5) is 0 Å². The molecule has 2 aromatic carbocycles. The van der Waals surface area contributed by atoms with Gasteiger partial charge in [-0.25, -0.2) is 0 Å². The Labute approximate surface area is 125 Å². The summed E-state index contributed by atoms with van der Waals surface area (Å²) in [4.78, 5) is 22.6. The highest BCUT2D eigenvalue weighted by atomic mass is 16.1. The third-order valence-electron chi connectivity index (χ3n) is 3.48. The molecule has 0 radical (unpaired) electrons. The van der Waals surface area contributed by atoms with Crippen LogP contribution < -0.4 is 5.32 Å². The van der Waals surface area contributed by atoms with Gasteiger partial charge in [0.25, 0.3) is 0 Å². The number of nitrogens with one attached hydrogen (secondary N) is 1. The molecule has 0 saturated carbocycles. The second kappa shape index (κ2) is 6.84. The molecule has 0 unspecified atom stereocenters. The highest BCUT2D eigenvalue weighted by Gasteiger charge is 2.14. The largest absolute Gasteiger partial charge is 0.355 e. The summed E-state index contributed by atoms with van der Waals surface area (Å²) in [5.41, 5.74) is 2.92. The summed E-state index contributed by atoms with van der Waals surface area (Å²) in [5, 5.41) is 2.87. The number of carbonyl (C=O) groups excluding carboxylic acids is 2. The molecule has 1 amide bonds. The van der Waals surface area contributed by atoms with Crippen LogP contribution in [-0.4, -0.2) is 18.2 Å². The van der Waals surface area contributed by atoms with Crippen LogP contribution in [0, 0.1) is 0 Å². The Morgan fingerprint density at radius 3 is 2.00 bits per heavy atom. The Kier molecular flexibility index (Phi) is 4.88. The molecule has 0 aliphatic heterocycles. The number of carbonyl (C=O) groups is 2. The van der Waals surface area contributed by atoms with E-state index in [9.17, 15) is 9.59 Å². The molecule has 3 heteroatoms. The van der Waals surface area contributed by atoms with Gasteiger partial charge in [-0.3, -0.25) is 9.59 Å². The zero-order valence-corrected chi connectivity index (χ0v) is 12.3. The minimum absolute atomic E-state index is 0.0451. The molecule has 0 bridgehead atoms. The van der Waals surface area contributed by atoms with Crippen molar-refractivity contribution in [3.63, 3.8) is 0 Å². The summed E-state index contributed by atoms with van der Waals surface area (Å²) in [5.74, 6) is 0.0899. The van der Waals surface area contributed by atoms with E-state index in [4.69, 9.17) is 0 Å². The summed E-state index contributed by atoms with van der Waals surface area (Å²) < 4.78 is 0. The highest BCUT2D eigenvalue weighted by molar-refractivity contribution is 5.94. The van der Waals surface area contributed by atoms with Crippen LogP contribution in [0.1, 0.15) is 41.3 Å². The van der Waals surface area contributed by atoms with Crippen LogP contribution in [0.15, 0.2) is 54.6 Å². The van der Waals surface area contributed by atoms with E-state index in [0.717, 1.165) is 11.1 Å². The summed E-state index contributed by atoms with van der Waals surface area (Å²) in [6.07, 6.45) is 0. The van der Waals surface area contributed by atoms with E-state index in [2.05, 4.69) is 5.32 Å². The normalized spacial score (nSPS) is 11.7. The second-order valence-corrected chi connectivity index (χ2v) is 5.08. The number of Topliss-reactive ketones (excluding diaryl/α,β-unsaturated/α-hetero) is 1. The number of rotatable bonds is 5. The number of ketones is 1. The minimum atomic E-state index is -0.0451. The van der Waals surface area contributed by atoms with Crippen LogP contribution in [0.5, 0.6) is 0 Å². The van der Waals surface area contributed by atoms with Crippen molar-refractivity contribution in [1.82, 2.24) is 5.32 Å². The van der Waals surface area contributed by atoms with E-state index < -0.39 is 0 Å². The molecule has 1 atom stereocenters. The van der Waals surface area contributed by atoms with Gasteiger partial charge in [0.2, 0.25) is 5.91 Å². The van der Waals surface area contributed by atoms with Crippen LogP contribution in [0.2, 0.25) is 0 Å². The Balaban J connectivity index is 2.30. The molecule has 0 aliphatic rings. The first-order valence-electron chi connectivity index (χ1n) is 6.98. The van der Waals surface area contributed by atoms with Crippen LogP contribution >= 0.6 is 0 Å². The number of hydrogen-bond acceptors (Lipinski definition) is 2. The molecule has 0 heterocycles. The SMILES string of the molecule is CC(=O)NC[C@H](c1ccccc1)c1ccc(C(C)=O)cc1. The summed E-state index contributed by atoms with van der Waals surface area (Å²) in [6, 6.07) is 17.6. The van der Waals surface area contributed by atoms with Gasteiger partial charge in [-0.2, -0.15) is 0 Å². The Morgan fingerprint density at radius 2 is 1.48 bits per heavy atom. The van der Waals surface area contributed by atoms with Gasteiger partial charge in [0.15, 0.2) is 5.78 Å². The predicted molar refractivity (Wildman–Crippen MR) is 83.4 cm³/mol. The Hall–Kier alpha value is -2.42. The second-order valence-electron chi connectivity index (χ2n) is 5.08. The molecule has 0 fully saturated rings. The number of benzene rings is 2. The fourth-order valence-electron chi connectivity index (χ4n) is 2.31. The Bertz CT molecular complexity index is 617. The molecule has 21 heavy (non-hydrogen) atoms. The van der Waals surface area contributed by atoms with Gasteiger partial charge in [0.1, 0.15) is 0 Å². The average molecular weight is 281 g/mol. The molecule has 0 aromatic heterocycles. The zero-order chi connectivity index (χ0) is 15.2. The zero-order valence-electron chi connectivity index (χ0n) is 12.3. The molecule has 2 aromatic rings. The first kappa shape index (κ1) is 15.0. The maximum absolute atomic E-state index is 11.4. The van der Waals surface area contributed by atoms with Crippen LogP contribution in [-0.2, 0) is 4.79 Å². The van der Waals surface area contributed by atoms with Crippen molar-refractivity contribution in [3.05, 3.63) is 71.3 Å². The van der Waals surface area contributed by atoms with Gasteiger partial charge >= 0.3 is 0 Å². The van der Waals surface area contributed by atoms with E-state index in [0.29, 0.717) is 12.1 Å². The monoisotopic (exact) mass is 281 g/mol. The van der Waals surface area contributed by atoms with Crippen molar-refractivity contribution in [2.45, 2.75) is 19.8 Å². The van der Waals surface area contributed by atoms with Gasteiger partial charge in [-0.15, -0.1) is 0 Å². The maximum atomic E-state index is 11.4. The van der Waals surface area contributed by atoms with Crippen molar-refractivity contribution >= 4 is 11.7 Å². The summed E-state index contributed by atoms with van der Waals surface area (Å²) in [7, 11) is 0. The molecule has 0 spiro atoms. The van der Waals surface area contributed by atoms with Gasteiger partial charge in [0.05, 0.1) is 0 Å². The molecule has 108 valence electrons. The number of hydrogen-bond donors (Lipinski definition) is 1. The lowest BCUT2D eigenvalue weighted by molar-refractivity contribution is -0.118. The van der Waals surface area contributed by atoms with E-state index >= 15 is 0 Å². The van der Waals surface area contributed by atoms with Crippen LogP contribution in [0.25, 0.3) is 0 Å². The minimum Gasteiger partial charge on any atom is -0.355 e. The molecular weight excluding hydrogens is 262 g/mol. The third-order valence-corrected chi connectivity index (χ3v) is 3.48. The van der Waals surface area contributed by atoms with E-state index in [1.54, 1.807) is 6.92 Å². The summed E-state index contributed by atoms with van der Waals surface area (Å²) >= 11 is 0. The van der Waals surface area contributed by atoms with Gasteiger partial charge in [0, 0.05) is 24.9 Å². The molecular formula is C18H19NO2. The Morgan fingerprint density at radius 1 is 0.905 bits per heavy atom. The van der Waals surface area contributed by atoms with E-state index in [-0.39, 0.29) is 17.6 Å². The third kappa shape index (κ3) is 4.02. The van der Waals surface area contributed by atoms with Crippen molar-refractivity contribution in [2.24, 2.45) is 0 Å². The fraction of sp³-hybridized carbons (Fsp3) is 0.222. The smallest absolute Gasteiger partial charge is 0.216 e. The molecule has 0 saturated heterocycles. The molecule has 3 nitrogen and oxygen atoms in total. The van der Waals surface area contributed by atoms with Gasteiger partial charge in [-0.1, -0.05) is 54.6 Å². The quantitative estimate of drug-likeness (QED) is 0.856. The van der Waals surface area contributed by atoms with E-state index in [1.807, 2.05) is 54.6 Å². The standard InChI is InChI=1S/C18H19NO2/c1-13(20)15-8-10-17(11-9-15)18(12-19-14(2)21)16-6-4-3-5-7-16/h3-11,18H,12H2,1-2H3,(H,19,21)/t18-/m1/s1. The topological polar surface area (TPSA) is 46.2 Å². The predicted octanol–water partition coefficient (Wildman–Crippen LogP) is 3.16. The van der Waals surface area contributed by atoms with Crippen molar-refractivity contribution in [3.8, 4) is 0 Å². The first-order valence-corrected chi connectivity index (χ1v) is 6.98. The van der Waals surface area contributed by atoms with Gasteiger partial charge < -0.3 is 5.32 Å². The van der Waals surface area contributed by atoms with Crippen molar-refractivity contribution in [1.29, 1.82) is 0 Å². The first-order chi connectivity index (χ1) is 10.1. The van der Waals surface area contributed by atoms with Crippen molar-refractivity contribution in [2.75, 3.05) is 6.54 Å². The molecule has 0 aliphatic carbocycles. The van der Waals surface area contributed by atoms with Gasteiger partial charge in [-0.05, 0) is 18.1 Å². The van der Waals surface area contributed by atoms with Crippen LogP contribution in [0.3, 0.4) is 0 Å². The molecule has 1 N–H and O–H groups in total.